The van der Waals surface area contributed by atoms with Gasteiger partial charge < -0.3 is 4.90 Å². The summed E-state index contributed by atoms with van der Waals surface area (Å²) in [5.74, 6) is 0. The highest BCUT2D eigenvalue weighted by Crippen LogP contribution is 2.27. The number of nitrogens with zero attached hydrogens (tertiary/aromatic N) is 2. The average Bonchev–Trinajstić information content (AvgIpc) is 2.71. The number of sulfonamides is 1. The van der Waals surface area contributed by atoms with Crippen molar-refractivity contribution in [3.8, 4) is 6.19 Å². The van der Waals surface area contributed by atoms with E-state index in [1.54, 1.807) is 23.1 Å². The van der Waals surface area contributed by atoms with Crippen molar-refractivity contribution in [1.29, 1.82) is 5.26 Å². The molecule has 0 radical (unpaired) electrons. The molecule has 1 N–H and O–H groups in total. The average molecular weight is 423 g/mol. The van der Waals surface area contributed by atoms with Crippen molar-refractivity contribution < 1.29 is 8.42 Å². The highest BCUT2D eigenvalue weighted by Gasteiger charge is 2.32. The number of rotatable bonds is 3. The Bertz CT molecular complexity index is 657. The van der Waals surface area contributed by atoms with E-state index in [1.807, 2.05) is 6.92 Å². The van der Waals surface area contributed by atoms with E-state index in [0.717, 1.165) is 0 Å². The van der Waals surface area contributed by atoms with Crippen LogP contribution in [-0.2, 0) is 10.0 Å². The maximum atomic E-state index is 12.4. The van der Waals surface area contributed by atoms with Crippen LogP contribution in [0.4, 0.5) is 0 Å². The molecule has 0 aliphatic carbocycles. The molecule has 1 aromatic carbocycles. The fraction of sp³-hybridized carbons (Fsp3) is 0.417. The first-order valence-corrected chi connectivity index (χ1v) is 9.04. The van der Waals surface area contributed by atoms with Gasteiger partial charge >= 0.3 is 0 Å². The van der Waals surface area contributed by atoms with Gasteiger partial charge in [-0.05, 0) is 47.5 Å². The van der Waals surface area contributed by atoms with Crippen molar-refractivity contribution in [2.24, 2.45) is 0 Å². The topological polar surface area (TPSA) is 73.2 Å². The molecule has 1 saturated heterocycles. The van der Waals surface area contributed by atoms with E-state index in [0.29, 0.717) is 21.9 Å². The van der Waals surface area contributed by atoms with Crippen LogP contribution in [0.5, 0.6) is 0 Å². The zero-order valence-corrected chi connectivity index (χ0v) is 14.7. The van der Waals surface area contributed by atoms with Crippen LogP contribution in [0.3, 0.4) is 0 Å². The first-order chi connectivity index (χ1) is 9.33. The van der Waals surface area contributed by atoms with Crippen LogP contribution >= 0.6 is 31.9 Å². The number of nitrogens with one attached hydrogen (secondary N) is 1. The van der Waals surface area contributed by atoms with Gasteiger partial charge in [0.1, 0.15) is 0 Å². The molecule has 0 spiro atoms. The first-order valence-electron chi connectivity index (χ1n) is 5.97. The summed E-state index contributed by atoms with van der Waals surface area (Å²) < 4.78 is 28.7. The Morgan fingerprint density at radius 2 is 2.15 bits per heavy atom. The number of nitriles is 1. The number of halogens is 2. The second-order valence-electron chi connectivity index (χ2n) is 4.73. The summed E-state index contributed by atoms with van der Waals surface area (Å²) >= 11 is 6.52. The van der Waals surface area contributed by atoms with Crippen molar-refractivity contribution in [2.75, 3.05) is 6.54 Å². The largest absolute Gasteiger partial charge is 0.306 e. The lowest BCUT2D eigenvalue weighted by molar-refractivity contribution is 0.386. The Labute approximate surface area is 135 Å². The number of hydrogen-bond donors (Lipinski definition) is 1. The minimum atomic E-state index is -3.61. The molecule has 2 atom stereocenters. The summed E-state index contributed by atoms with van der Waals surface area (Å²) in [6.07, 6.45) is 2.69. The molecular weight excluding hydrogens is 410 g/mol. The van der Waals surface area contributed by atoms with Gasteiger partial charge in [0.2, 0.25) is 10.0 Å². The van der Waals surface area contributed by atoms with Gasteiger partial charge in [-0.25, -0.2) is 13.1 Å². The minimum absolute atomic E-state index is 0.0543. The summed E-state index contributed by atoms with van der Waals surface area (Å²) in [7, 11) is -3.61. The molecule has 1 aliphatic heterocycles. The van der Waals surface area contributed by atoms with Crippen LogP contribution in [0, 0.1) is 11.5 Å². The predicted octanol–water partition coefficient (Wildman–Crippen LogP) is 2.43. The zero-order chi connectivity index (χ0) is 14.9. The van der Waals surface area contributed by atoms with E-state index in [9.17, 15) is 8.42 Å². The first kappa shape index (κ1) is 15.8. The minimum Gasteiger partial charge on any atom is -0.306 e. The van der Waals surface area contributed by atoms with Crippen LogP contribution in [-0.4, -0.2) is 31.9 Å². The fourth-order valence-electron chi connectivity index (χ4n) is 2.22. The Morgan fingerprint density at radius 3 is 2.75 bits per heavy atom. The van der Waals surface area contributed by atoms with Crippen molar-refractivity contribution in [3.63, 3.8) is 0 Å². The van der Waals surface area contributed by atoms with Gasteiger partial charge in [0, 0.05) is 27.6 Å². The molecule has 8 heteroatoms. The fourth-order valence-corrected chi connectivity index (χ4v) is 4.96. The Kier molecular flexibility index (Phi) is 4.74. The van der Waals surface area contributed by atoms with Gasteiger partial charge in [0.25, 0.3) is 0 Å². The highest BCUT2D eigenvalue weighted by molar-refractivity contribution is 9.11. The lowest BCUT2D eigenvalue weighted by Crippen LogP contribution is -2.36. The molecule has 0 amide bonds. The Hall–Kier alpha value is -0.620. The summed E-state index contributed by atoms with van der Waals surface area (Å²) in [6.45, 7) is 2.31. The third-order valence-corrected chi connectivity index (χ3v) is 6.22. The van der Waals surface area contributed by atoms with Crippen molar-refractivity contribution >= 4 is 41.9 Å². The molecule has 2 rings (SSSR count). The summed E-state index contributed by atoms with van der Waals surface area (Å²) in [4.78, 5) is 1.78. The monoisotopic (exact) mass is 421 g/mol. The van der Waals surface area contributed by atoms with Gasteiger partial charge in [-0.2, -0.15) is 5.26 Å². The molecule has 1 aromatic rings. The third-order valence-electron chi connectivity index (χ3n) is 3.21. The van der Waals surface area contributed by atoms with Gasteiger partial charge in [-0.3, -0.25) is 0 Å². The second kappa shape index (κ2) is 6.02. The smallest absolute Gasteiger partial charge is 0.242 e. The van der Waals surface area contributed by atoms with Crippen LogP contribution in [0.15, 0.2) is 32.0 Å². The maximum absolute atomic E-state index is 12.4. The van der Waals surface area contributed by atoms with Crippen LogP contribution in [0.25, 0.3) is 0 Å². The molecular formula is C12H13Br2N3O2S. The van der Waals surface area contributed by atoms with Crippen LogP contribution in [0.1, 0.15) is 13.3 Å². The molecule has 20 heavy (non-hydrogen) atoms. The van der Waals surface area contributed by atoms with E-state index >= 15 is 0 Å². The zero-order valence-electron chi connectivity index (χ0n) is 10.7. The summed E-state index contributed by atoms with van der Waals surface area (Å²) in [6, 6.07) is 4.79. The van der Waals surface area contributed by atoms with Gasteiger partial charge in [0.05, 0.1) is 4.90 Å². The van der Waals surface area contributed by atoms with Crippen molar-refractivity contribution in [2.45, 2.75) is 30.3 Å². The third kappa shape index (κ3) is 3.34. The molecule has 108 valence electrons. The maximum Gasteiger partial charge on any atom is 0.242 e. The van der Waals surface area contributed by atoms with Crippen molar-refractivity contribution in [3.05, 3.63) is 27.1 Å². The van der Waals surface area contributed by atoms with E-state index < -0.39 is 10.0 Å². The molecule has 0 saturated carbocycles. The Morgan fingerprint density at radius 1 is 1.45 bits per heavy atom. The quantitative estimate of drug-likeness (QED) is 0.759. The van der Waals surface area contributed by atoms with Crippen molar-refractivity contribution in [1.82, 2.24) is 9.62 Å². The highest BCUT2D eigenvalue weighted by atomic mass is 79.9. The molecule has 0 aromatic heterocycles. The van der Waals surface area contributed by atoms with E-state index in [4.69, 9.17) is 5.26 Å². The van der Waals surface area contributed by atoms with Gasteiger partial charge in [-0.15, -0.1) is 0 Å². The van der Waals surface area contributed by atoms with Gasteiger partial charge in [0.15, 0.2) is 6.19 Å². The van der Waals surface area contributed by atoms with E-state index in [2.05, 4.69) is 42.8 Å². The molecule has 0 unspecified atom stereocenters. The predicted molar refractivity (Wildman–Crippen MR) is 82.3 cm³/mol. The number of benzene rings is 1. The molecule has 0 bridgehead atoms. The summed E-state index contributed by atoms with van der Waals surface area (Å²) in [5, 5.41) is 8.94. The second-order valence-corrected chi connectivity index (χ2v) is 8.18. The van der Waals surface area contributed by atoms with Crippen LogP contribution in [0.2, 0.25) is 0 Å². The molecule has 5 nitrogen and oxygen atoms in total. The Balaban J connectivity index is 2.21. The number of hydrogen-bond acceptors (Lipinski definition) is 4. The molecule has 1 fully saturated rings. The SMILES string of the molecule is C[C@@H]1C[C@@H](NS(=O)(=O)c2cc(Br)ccc2Br)CN1C#N. The van der Waals surface area contributed by atoms with E-state index in [1.165, 1.54) is 0 Å². The molecule has 1 aliphatic rings. The normalized spacial score (nSPS) is 22.8. The number of likely N-dealkylation sites (tertiary alicyclic amines) is 1. The summed E-state index contributed by atoms with van der Waals surface area (Å²) in [5.41, 5.74) is 0. The molecule has 1 heterocycles. The van der Waals surface area contributed by atoms with Gasteiger partial charge in [-0.1, -0.05) is 15.9 Å². The lowest BCUT2D eigenvalue weighted by Gasteiger charge is -2.14. The lowest BCUT2D eigenvalue weighted by atomic mass is 10.2. The standard InChI is InChI=1S/C12H13Br2N3O2S/c1-8-4-10(6-17(8)7-15)16-20(18,19)12-5-9(13)2-3-11(12)14/h2-3,5,8,10,16H,4,6H2,1H3/t8-,10-/m1/s1. The van der Waals surface area contributed by atoms with E-state index in [-0.39, 0.29) is 17.0 Å². The van der Waals surface area contributed by atoms with Crippen LogP contribution < -0.4 is 4.72 Å².